The Hall–Kier alpha value is -8.12. The third kappa shape index (κ3) is 5.82. The Morgan fingerprint density at radius 2 is 0.984 bits per heavy atom. The van der Waals surface area contributed by atoms with Gasteiger partial charge in [-0.15, -0.1) is 0 Å². The Balaban J connectivity index is 1.28. The third-order valence-electron chi connectivity index (χ3n) is 10.9. The van der Waals surface area contributed by atoms with E-state index < -0.39 is 40.0 Å². The van der Waals surface area contributed by atoms with Crippen LogP contribution in [0.3, 0.4) is 0 Å². The fourth-order valence-corrected chi connectivity index (χ4v) is 7.87. The van der Waals surface area contributed by atoms with E-state index in [2.05, 4.69) is 0 Å². The molecule has 0 unspecified atom stereocenters. The van der Waals surface area contributed by atoms with Crippen LogP contribution >= 0.6 is 0 Å². The molecule has 10 aromatic rings. The number of rotatable bonds is 5. The van der Waals surface area contributed by atoms with Gasteiger partial charge in [-0.05, 0) is 68.0 Å². The van der Waals surface area contributed by atoms with Gasteiger partial charge in [-0.1, -0.05) is 102 Å². The van der Waals surface area contributed by atoms with Crippen LogP contribution in [0.1, 0.15) is 0 Å². The van der Waals surface area contributed by atoms with Gasteiger partial charge in [-0.3, -0.25) is 0 Å². The molecule has 286 valence electrons. The standard InChI is InChI=1S/C47H26B3N3O8/c48-30-19-32(54)44-33(29-18-31(49)37(55)42(60)43(29)61-44)35(30)47-52-45(25-12-10-21-6-2-4-8-23(21)16-25)51-46(53-47)26-13-14-27(34-38(56)36(50)40(58)41(59)39(34)57)28(17-26)24-11-9-20-5-1-3-7-22(20)15-24/h1-19,54-60H. The zero-order chi connectivity index (χ0) is 42.4. The lowest BCUT2D eigenvalue weighted by Crippen LogP contribution is -2.11. The van der Waals surface area contributed by atoms with Gasteiger partial charge in [0.1, 0.15) is 29.3 Å². The van der Waals surface area contributed by atoms with Crippen molar-refractivity contribution in [2.75, 3.05) is 0 Å². The number of aromatic hydroxyl groups is 7. The quantitative estimate of drug-likeness (QED) is 0.0555. The summed E-state index contributed by atoms with van der Waals surface area (Å²) in [5.41, 5.74) is 1.49. The Morgan fingerprint density at radius 1 is 0.410 bits per heavy atom. The van der Waals surface area contributed by atoms with Crippen molar-refractivity contribution in [3.8, 4) is 96.7 Å². The molecular formula is C47H26B3N3O8. The largest absolute Gasteiger partial charge is 0.508 e. The fraction of sp³-hybridized carbons (Fsp3) is 0. The van der Waals surface area contributed by atoms with E-state index in [-0.39, 0.29) is 72.8 Å². The first-order valence-corrected chi connectivity index (χ1v) is 18.7. The molecule has 0 aliphatic carbocycles. The van der Waals surface area contributed by atoms with Crippen LogP contribution in [-0.2, 0) is 0 Å². The molecule has 61 heavy (non-hydrogen) atoms. The molecular weight excluding hydrogens is 767 g/mol. The topological polar surface area (TPSA) is 193 Å². The van der Waals surface area contributed by atoms with Gasteiger partial charge in [0.15, 0.2) is 51.6 Å². The van der Waals surface area contributed by atoms with Crippen LogP contribution in [0.25, 0.3) is 99.9 Å². The average molecular weight is 793 g/mol. The van der Waals surface area contributed by atoms with Crippen molar-refractivity contribution in [2.45, 2.75) is 0 Å². The number of hydrogen-bond acceptors (Lipinski definition) is 11. The first-order chi connectivity index (χ1) is 29.4. The first kappa shape index (κ1) is 37.2. The maximum Gasteiger partial charge on any atom is 0.201 e. The number of phenolic OH excluding ortho intramolecular Hbond substituents is 7. The Labute approximate surface area is 349 Å². The van der Waals surface area contributed by atoms with Crippen molar-refractivity contribution >= 4 is 83.4 Å². The maximum atomic E-state index is 11.2. The highest BCUT2D eigenvalue weighted by Crippen LogP contribution is 2.50. The van der Waals surface area contributed by atoms with Crippen molar-refractivity contribution in [2.24, 2.45) is 0 Å². The van der Waals surface area contributed by atoms with Crippen LogP contribution < -0.4 is 16.4 Å². The second-order valence-corrected chi connectivity index (χ2v) is 14.6. The van der Waals surface area contributed by atoms with E-state index in [1.807, 2.05) is 84.9 Å². The Morgan fingerprint density at radius 3 is 1.66 bits per heavy atom. The molecule has 0 saturated heterocycles. The van der Waals surface area contributed by atoms with Crippen LogP contribution in [0.15, 0.2) is 120 Å². The number of fused-ring (bicyclic) bond motifs is 5. The normalized spacial score (nSPS) is 11.6. The van der Waals surface area contributed by atoms with Crippen molar-refractivity contribution in [1.82, 2.24) is 15.0 Å². The molecule has 0 bridgehead atoms. The zero-order valence-corrected chi connectivity index (χ0v) is 31.6. The molecule has 8 aromatic carbocycles. The molecule has 14 heteroatoms. The molecule has 10 rings (SSSR count). The van der Waals surface area contributed by atoms with E-state index in [1.165, 1.54) is 12.1 Å². The molecule has 0 saturated carbocycles. The van der Waals surface area contributed by atoms with Gasteiger partial charge in [0, 0.05) is 27.5 Å². The highest BCUT2D eigenvalue weighted by Gasteiger charge is 2.27. The van der Waals surface area contributed by atoms with Gasteiger partial charge in [0.2, 0.25) is 11.5 Å². The Bertz CT molecular complexity index is 3490. The summed E-state index contributed by atoms with van der Waals surface area (Å²) in [4.78, 5) is 14.8. The Kier molecular flexibility index (Phi) is 8.37. The van der Waals surface area contributed by atoms with Crippen LogP contribution in [0.2, 0.25) is 0 Å². The van der Waals surface area contributed by atoms with Gasteiger partial charge < -0.3 is 40.2 Å². The molecule has 0 atom stereocenters. The second kappa shape index (κ2) is 13.7. The van der Waals surface area contributed by atoms with Crippen LogP contribution in [0.5, 0.6) is 40.2 Å². The summed E-state index contributed by atoms with van der Waals surface area (Å²) in [5.74, 6) is -4.37. The summed E-state index contributed by atoms with van der Waals surface area (Å²) in [5, 5.41) is 79.9. The van der Waals surface area contributed by atoms with E-state index in [9.17, 15) is 35.7 Å². The third-order valence-corrected chi connectivity index (χ3v) is 10.9. The number of hydrogen-bond donors (Lipinski definition) is 7. The highest BCUT2D eigenvalue weighted by molar-refractivity contribution is 6.41. The lowest BCUT2D eigenvalue weighted by atomic mass is 9.85. The van der Waals surface area contributed by atoms with Gasteiger partial charge in [0.05, 0.1) is 5.56 Å². The summed E-state index contributed by atoms with van der Waals surface area (Å²) in [6.45, 7) is 0. The summed E-state index contributed by atoms with van der Waals surface area (Å²) in [7, 11) is 18.8. The number of phenols is 7. The van der Waals surface area contributed by atoms with Gasteiger partial charge >= 0.3 is 0 Å². The van der Waals surface area contributed by atoms with E-state index in [0.29, 0.717) is 22.3 Å². The predicted molar refractivity (Wildman–Crippen MR) is 237 cm³/mol. The van der Waals surface area contributed by atoms with Gasteiger partial charge in [-0.2, -0.15) is 0 Å². The van der Waals surface area contributed by atoms with Crippen molar-refractivity contribution in [3.63, 3.8) is 0 Å². The van der Waals surface area contributed by atoms with E-state index in [0.717, 1.165) is 21.5 Å². The lowest BCUT2D eigenvalue weighted by Gasteiger charge is -2.18. The number of furan rings is 1. The zero-order valence-electron chi connectivity index (χ0n) is 31.6. The number of nitrogens with zero attached hydrogens (tertiary/aromatic N) is 3. The summed E-state index contributed by atoms with van der Waals surface area (Å²) < 4.78 is 5.91. The second-order valence-electron chi connectivity index (χ2n) is 14.6. The van der Waals surface area contributed by atoms with Gasteiger partial charge in [-0.25, -0.2) is 15.0 Å². The highest BCUT2D eigenvalue weighted by atomic mass is 16.4. The summed E-state index contributed by atoms with van der Waals surface area (Å²) in [6, 6.07) is 34.6. The minimum atomic E-state index is -0.907. The number of benzene rings is 8. The average Bonchev–Trinajstić information content (AvgIpc) is 3.66. The summed E-state index contributed by atoms with van der Waals surface area (Å²) >= 11 is 0. The van der Waals surface area contributed by atoms with Crippen molar-refractivity contribution in [1.29, 1.82) is 0 Å². The number of aromatic nitrogens is 3. The molecule has 2 aromatic heterocycles. The van der Waals surface area contributed by atoms with E-state index in [4.69, 9.17) is 42.9 Å². The molecule has 0 amide bonds. The lowest BCUT2D eigenvalue weighted by molar-refractivity contribution is 0.365. The van der Waals surface area contributed by atoms with Crippen LogP contribution in [-0.4, -0.2) is 74.2 Å². The molecule has 0 aliphatic heterocycles. The minimum Gasteiger partial charge on any atom is -0.508 e. The molecule has 6 radical (unpaired) electrons. The molecule has 0 spiro atoms. The molecule has 11 nitrogen and oxygen atoms in total. The minimum absolute atomic E-state index is 0.0447. The first-order valence-electron chi connectivity index (χ1n) is 18.7. The summed E-state index contributed by atoms with van der Waals surface area (Å²) in [6.07, 6.45) is 0. The molecule has 0 aliphatic rings. The monoisotopic (exact) mass is 793 g/mol. The van der Waals surface area contributed by atoms with E-state index in [1.54, 1.807) is 18.2 Å². The SMILES string of the molecule is [B]c1cc2c(oc3c(O)cc([B])c(-c4nc(-c5ccc(-c6c(O)c([B])c(O)c(O)c6O)c(-c6ccc7ccccc7c6)c5)nc(-c5ccc6ccccc6c5)n4)c32)c(O)c1O. The molecule has 0 fully saturated rings. The van der Waals surface area contributed by atoms with Crippen LogP contribution in [0.4, 0.5) is 0 Å². The van der Waals surface area contributed by atoms with E-state index >= 15 is 0 Å². The van der Waals surface area contributed by atoms with Crippen molar-refractivity contribution < 1.29 is 40.2 Å². The molecule has 7 N–H and O–H groups in total. The van der Waals surface area contributed by atoms with Gasteiger partial charge in [0.25, 0.3) is 0 Å². The molecule has 2 heterocycles. The smallest absolute Gasteiger partial charge is 0.201 e. The fourth-order valence-electron chi connectivity index (χ4n) is 7.87. The predicted octanol–water partition coefficient (Wildman–Crippen LogP) is 6.73. The maximum absolute atomic E-state index is 11.2. The van der Waals surface area contributed by atoms with Crippen molar-refractivity contribution in [3.05, 3.63) is 115 Å². The van der Waals surface area contributed by atoms with Crippen LogP contribution in [0, 0.1) is 0 Å².